The van der Waals surface area contributed by atoms with Gasteiger partial charge in [-0.05, 0) is 44.2 Å². The molecule has 0 radical (unpaired) electrons. The number of anilines is 1. The van der Waals surface area contributed by atoms with Gasteiger partial charge in [-0.25, -0.2) is 18.7 Å². The molecule has 2 rings (SSSR count). The van der Waals surface area contributed by atoms with Gasteiger partial charge in [-0.1, -0.05) is 33.8 Å². The molecule has 0 amide bonds. The maximum Gasteiger partial charge on any atom is 0.148 e. The van der Waals surface area contributed by atoms with E-state index < -0.39 is 21.7 Å². The Morgan fingerprint density at radius 3 is 2.34 bits per heavy atom. The van der Waals surface area contributed by atoms with Crippen LogP contribution in [0.1, 0.15) is 76.4 Å². The van der Waals surface area contributed by atoms with Crippen molar-refractivity contribution in [3.63, 3.8) is 0 Å². The summed E-state index contributed by atoms with van der Waals surface area (Å²) in [6, 6.07) is 3.25. The molecular weight excluding hydrogens is 411 g/mol. The van der Waals surface area contributed by atoms with Crippen molar-refractivity contribution in [3.05, 3.63) is 40.3 Å². The van der Waals surface area contributed by atoms with Gasteiger partial charge in [0.1, 0.15) is 36.7 Å². The zero-order valence-electron chi connectivity index (χ0n) is 18.0. The molecule has 2 unspecified atom stereocenters. The zero-order chi connectivity index (χ0) is 22.1. The Balaban J connectivity index is 2.44. The van der Waals surface area contributed by atoms with Gasteiger partial charge in [-0.2, -0.15) is 4.36 Å². The molecule has 0 saturated carbocycles. The number of nitrogens with two attached hydrogens (primary N) is 1. The predicted octanol–water partition coefficient (Wildman–Crippen LogP) is 4.92. The van der Waals surface area contributed by atoms with Crippen LogP contribution in [0.2, 0.25) is 0 Å². The first-order valence-electron chi connectivity index (χ1n) is 9.55. The molecule has 0 aliphatic rings. The second-order valence-electron chi connectivity index (χ2n) is 8.27. The molecule has 1 aromatic heterocycles. The maximum atomic E-state index is 14.5. The number of rotatable bonds is 7. The van der Waals surface area contributed by atoms with Crippen molar-refractivity contribution in [2.24, 2.45) is 9.50 Å². The van der Waals surface area contributed by atoms with Crippen molar-refractivity contribution in [1.29, 1.82) is 0 Å². The zero-order valence-corrected chi connectivity index (χ0v) is 19.6. The van der Waals surface area contributed by atoms with E-state index >= 15 is 0 Å². The summed E-state index contributed by atoms with van der Waals surface area (Å²) in [5.74, 6) is -0.160. The summed E-state index contributed by atoms with van der Waals surface area (Å²) < 4.78 is 32.1. The fourth-order valence-corrected chi connectivity index (χ4v) is 5.34. The van der Waals surface area contributed by atoms with Gasteiger partial charge >= 0.3 is 0 Å². The van der Waals surface area contributed by atoms with Gasteiger partial charge in [0.25, 0.3) is 0 Å². The minimum absolute atomic E-state index is 0.0403. The molecular formula is C20H31FN4O2S2. The van der Waals surface area contributed by atoms with Gasteiger partial charge in [-0.3, -0.25) is 0 Å². The molecule has 1 heterocycles. The fraction of sp³-hybridized carbons (Fsp3) is 0.550. The van der Waals surface area contributed by atoms with Crippen molar-refractivity contribution >= 4 is 26.9 Å². The molecule has 2 aromatic rings. The number of aromatic nitrogens is 1. The lowest BCUT2D eigenvalue weighted by atomic mass is 9.92. The number of aliphatic hydroxyl groups is 1. The van der Waals surface area contributed by atoms with Crippen molar-refractivity contribution in [3.8, 4) is 0 Å². The third kappa shape index (κ3) is 5.53. The molecule has 1 aromatic carbocycles. The highest BCUT2D eigenvalue weighted by Crippen LogP contribution is 2.35. The summed E-state index contributed by atoms with van der Waals surface area (Å²) in [6.45, 7) is 12.8. The molecule has 162 valence electrons. The van der Waals surface area contributed by atoms with E-state index in [1.54, 1.807) is 26.8 Å². The van der Waals surface area contributed by atoms with Gasteiger partial charge in [0.05, 0.1) is 6.20 Å². The Hall–Kier alpha value is -1.55. The number of hydrogen-bond acceptors (Lipinski definition) is 6. The minimum Gasteiger partial charge on any atom is -0.383 e. The normalized spacial score (nSPS) is 15.4. The van der Waals surface area contributed by atoms with Crippen LogP contribution in [0.15, 0.2) is 26.9 Å². The smallest absolute Gasteiger partial charge is 0.148 e. The molecule has 29 heavy (non-hydrogen) atoms. The van der Waals surface area contributed by atoms with Crippen LogP contribution in [0.4, 0.5) is 10.1 Å². The number of nitrogens with one attached hydrogen (secondary N) is 1. The lowest BCUT2D eigenvalue weighted by Crippen LogP contribution is -2.22. The standard InChI is InChI=1S/C20H31FN4O2S2/c1-11(2)14-8-9-15(21)17(12(3)4)18(14)24-13(5)25-29(22,27)16-10-23-19(28-16)20(6,7)26/h8-13,24,26H,1-7H3,(H2,22,25,27). The summed E-state index contributed by atoms with van der Waals surface area (Å²) in [6.07, 6.45) is 0.759. The van der Waals surface area contributed by atoms with Gasteiger partial charge in [0.2, 0.25) is 0 Å². The molecule has 0 aliphatic heterocycles. The van der Waals surface area contributed by atoms with Gasteiger partial charge in [0, 0.05) is 11.3 Å². The Morgan fingerprint density at radius 2 is 1.86 bits per heavy atom. The fourth-order valence-electron chi connectivity index (χ4n) is 3.02. The lowest BCUT2D eigenvalue weighted by Gasteiger charge is -2.23. The topological polar surface area (TPSA) is 101 Å². The highest BCUT2D eigenvalue weighted by Gasteiger charge is 2.24. The SMILES string of the molecule is CC(N=S(N)(=O)c1cnc(C(C)(C)O)s1)Nc1c(C(C)C)ccc(F)c1C(C)C. The van der Waals surface area contributed by atoms with Crippen LogP contribution in [0, 0.1) is 5.82 Å². The van der Waals surface area contributed by atoms with Crippen LogP contribution in [0.3, 0.4) is 0 Å². The molecule has 0 bridgehead atoms. The predicted molar refractivity (Wildman–Crippen MR) is 118 cm³/mol. The Kier molecular flexibility index (Phi) is 7.09. The molecule has 4 N–H and O–H groups in total. The highest BCUT2D eigenvalue weighted by atomic mass is 32.2. The molecule has 0 fully saturated rings. The Labute approximate surface area is 177 Å². The average Bonchev–Trinajstić information content (AvgIpc) is 3.04. The van der Waals surface area contributed by atoms with E-state index in [2.05, 4.69) is 14.7 Å². The van der Waals surface area contributed by atoms with E-state index in [-0.39, 0.29) is 21.9 Å². The molecule has 9 heteroatoms. The van der Waals surface area contributed by atoms with Gasteiger partial charge in [0.15, 0.2) is 0 Å². The minimum atomic E-state index is -3.23. The second kappa shape index (κ2) is 8.67. The monoisotopic (exact) mass is 442 g/mol. The summed E-state index contributed by atoms with van der Waals surface area (Å²) >= 11 is 1.07. The van der Waals surface area contributed by atoms with Crippen molar-refractivity contribution in [2.75, 3.05) is 5.32 Å². The van der Waals surface area contributed by atoms with E-state index in [1.807, 2.05) is 27.7 Å². The molecule has 0 saturated heterocycles. The van der Waals surface area contributed by atoms with Crippen LogP contribution in [0.5, 0.6) is 0 Å². The summed E-state index contributed by atoms with van der Waals surface area (Å²) in [5, 5.41) is 19.7. The van der Waals surface area contributed by atoms with Gasteiger partial charge in [-0.15, -0.1) is 11.3 Å². The number of halogens is 1. The van der Waals surface area contributed by atoms with E-state index in [0.29, 0.717) is 16.3 Å². The number of nitrogens with zero attached hydrogens (tertiary/aromatic N) is 2. The average molecular weight is 443 g/mol. The van der Waals surface area contributed by atoms with E-state index in [0.717, 1.165) is 16.9 Å². The number of thiazole rings is 1. The Morgan fingerprint density at radius 1 is 1.24 bits per heavy atom. The molecule has 6 nitrogen and oxygen atoms in total. The van der Waals surface area contributed by atoms with Crippen LogP contribution in [-0.2, 0) is 15.5 Å². The largest absolute Gasteiger partial charge is 0.383 e. The van der Waals surface area contributed by atoms with Crippen LogP contribution < -0.4 is 10.5 Å². The lowest BCUT2D eigenvalue weighted by molar-refractivity contribution is 0.0783. The molecule has 0 spiro atoms. The second-order valence-corrected chi connectivity index (χ2v) is 11.3. The van der Waals surface area contributed by atoms with E-state index in [4.69, 9.17) is 5.14 Å². The molecule has 2 atom stereocenters. The Bertz CT molecular complexity index is 987. The summed E-state index contributed by atoms with van der Waals surface area (Å²) in [4.78, 5) is 4.11. The van der Waals surface area contributed by atoms with Crippen LogP contribution >= 0.6 is 11.3 Å². The van der Waals surface area contributed by atoms with Crippen LogP contribution in [0.25, 0.3) is 0 Å². The van der Waals surface area contributed by atoms with E-state index in [9.17, 15) is 13.7 Å². The number of hydrogen-bond donors (Lipinski definition) is 3. The van der Waals surface area contributed by atoms with Crippen LogP contribution in [-0.4, -0.2) is 20.5 Å². The van der Waals surface area contributed by atoms with E-state index in [1.165, 1.54) is 12.3 Å². The van der Waals surface area contributed by atoms with Gasteiger partial charge < -0.3 is 10.4 Å². The summed E-state index contributed by atoms with van der Waals surface area (Å²) in [7, 11) is -3.23. The number of benzene rings is 1. The maximum absolute atomic E-state index is 14.5. The first kappa shape index (κ1) is 23.7. The van der Waals surface area contributed by atoms with Crippen molar-refractivity contribution in [2.45, 2.75) is 76.3 Å². The first-order chi connectivity index (χ1) is 13.2. The third-order valence-corrected chi connectivity index (χ3v) is 7.77. The quantitative estimate of drug-likeness (QED) is 0.567. The highest BCUT2D eigenvalue weighted by molar-refractivity contribution is 7.93. The first-order valence-corrected chi connectivity index (χ1v) is 11.9. The third-order valence-electron chi connectivity index (χ3n) is 4.39. The summed E-state index contributed by atoms with van der Waals surface area (Å²) in [5.41, 5.74) is 1.05. The van der Waals surface area contributed by atoms with Crippen molar-refractivity contribution < 1.29 is 13.7 Å². The molecule has 0 aliphatic carbocycles. The van der Waals surface area contributed by atoms with Crippen molar-refractivity contribution in [1.82, 2.24) is 4.98 Å².